The van der Waals surface area contributed by atoms with Crippen LogP contribution in [0.5, 0.6) is 0 Å². The molecule has 1 saturated heterocycles. The minimum Gasteiger partial charge on any atom is -0.337 e. The van der Waals surface area contributed by atoms with E-state index in [1.165, 1.54) is 16.1 Å². The first-order valence-electron chi connectivity index (χ1n) is 10.5. The summed E-state index contributed by atoms with van der Waals surface area (Å²) >= 11 is 0. The molecule has 0 spiro atoms. The Hall–Kier alpha value is -3.42. The molecule has 0 bridgehead atoms. The topological polar surface area (TPSA) is 85.4 Å². The summed E-state index contributed by atoms with van der Waals surface area (Å²) in [4.78, 5) is 14.5. The van der Waals surface area contributed by atoms with Crippen molar-refractivity contribution >= 4 is 26.8 Å². The third kappa shape index (κ3) is 3.49. The van der Waals surface area contributed by atoms with Gasteiger partial charge in [0.15, 0.2) is 0 Å². The minimum atomic E-state index is -3.85. The van der Waals surface area contributed by atoms with Crippen LogP contribution in [-0.2, 0) is 10.0 Å². The van der Waals surface area contributed by atoms with E-state index in [1.54, 1.807) is 29.3 Å². The van der Waals surface area contributed by atoms with Gasteiger partial charge in [0.05, 0.1) is 10.4 Å². The van der Waals surface area contributed by atoms with Gasteiger partial charge in [0.25, 0.3) is 15.9 Å². The highest BCUT2D eigenvalue weighted by molar-refractivity contribution is 7.90. The molecule has 0 aliphatic carbocycles. The number of hydrogen-bond acceptors (Lipinski definition) is 4. The number of benzene rings is 3. The van der Waals surface area contributed by atoms with Crippen LogP contribution in [0, 0.1) is 0 Å². The molecule has 4 aromatic rings. The van der Waals surface area contributed by atoms with Crippen molar-refractivity contribution in [2.24, 2.45) is 5.73 Å². The summed E-state index contributed by atoms with van der Waals surface area (Å²) in [7, 11) is -3.85. The van der Waals surface area contributed by atoms with Crippen LogP contribution < -0.4 is 5.73 Å². The van der Waals surface area contributed by atoms with Crippen molar-refractivity contribution in [1.82, 2.24) is 8.87 Å². The van der Waals surface area contributed by atoms with Crippen molar-refractivity contribution in [3.8, 4) is 11.1 Å². The predicted octanol–water partition coefficient (Wildman–Crippen LogP) is 3.72. The quantitative estimate of drug-likeness (QED) is 0.519. The predicted molar refractivity (Wildman–Crippen MR) is 125 cm³/mol. The van der Waals surface area contributed by atoms with Gasteiger partial charge in [-0.2, -0.15) is 0 Å². The molecule has 1 aliphatic heterocycles. The Morgan fingerprint density at radius 3 is 2.28 bits per heavy atom. The molecule has 32 heavy (non-hydrogen) atoms. The largest absolute Gasteiger partial charge is 0.337 e. The smallest absolute Gasteiger partial charge is 0.268 e. The van der Waals surface area contributed by atoms with Crippen molar-refractivity contribution in [1.29, 1.82) is 0 Å². The SMILES string of the molecule is N[C@@H]1CCN(C(=O)c2ccc(S(=O)(=O)n3cc(-c4ccccc4)c4ccccc43)cc2)C1. The van der Waals surface area contributed by atoms with E-state index in [2.05, 4.69) is 0 Å². The van der Waals surface area contributed by atoms with Gasteiger partial charge in [0, 0.05) is 41.8 Å². The number of aromatic nitrogens is 1. The van der Waals surface area contributed by atoms with E-state index in [-0.39, 0.29) is 16.8 Å². The lowest BCUT2D eigenvalue weighted by atomic mass is 10.1. The number of rotatable bonds is 4. The molecule has 7 heteroatoms. The summed E-state index contributed by atoms with van der Waals surface area (Å²) in [5.41, 5.74) is 8.76. The first kappa shape index (κ1) is 20.5. The number of para-hydroxylation sites is 1. The van der Waals surface area contributed by atoms with E-state index in [0.717, 1.165) is 22.9 Å². The van der Waals surface area contributed by atoms with E-state index >= 15 is 0 Å². The first-order chi connectivity index (χ1) is 15.4. The molecule has 5 rings (SSSR count). The van der Waals surface area contributed by atoms with Crippen LogP contribution in [-0.4, -0.2) is 42.3 Å². The molecule has 1 aliphatic rings. The maximum absolute atomic E-state index is 13.5. The lowest BCUT2D eigenvalue weighted by molar-refractivity contribution is 0.0791. The monoisotopic (exact) mass is 445 g/mol. The summed E-state index contributed by atoms with van der Waals surface area (Å²) in [6.45, 7) is 1.15. The van der Waals surface area contributed by atoms with Crippen molar-refractivity contribution in [2.45, 2.75) is 17.4 Å². The second-order valence-electron chi connectivity index (χ2n) is 8.05. The number of carbonyl (C=O) groups is 1. The summed E-state index contributed by atoms with van der Waals surface area (Å²) < 4.78 is 28.4. The average Bonchev–Trinajstić information content (AvgIpc) is 3.43. The Labute approximate surface area is 186 Å². The van der Waals surface area contributed by atoms with Gasteiger partial charge in [-0.25, -0.2) is 12.4 Å². The molecule has 1 amide bonds. The Morgan fingerprint density at radius 1 is 0.906 bits per heavy atom. The van der Waals surface area contributed by atoms with Crippen LogP contribution >= 0.6 is 0 Å². The highest BCUT2D eigenvalue weighted by atomic mass is 32.2. The van der Waals surface area contributed by atoms with Crippen LogP contribution in [0.3, 0.4) is 0 Å². The average molecular weight is 446 g/mol. The summed E-state index contributed by atoms with van der Waals surface area (Å²) in [6, 6.07) is 23.3. The molecule has 0 saturated carbocycles. The number of amides is 1. The normalized spacial score (nSPS) is 16.5. The number of hydrogen-bond donors (Lipinski definition) is 1. The number of nitrogens with zero attached hydrogens (tertiary/aromatic N) is 2. The second kappa shape index (κ2) is 7.93. The summed E-state index contributed by atoms with van der Waals surface area (Å²) in [5.74, 6) is -0.125. The molecule has 1 aromatic heterocycles. The molecule has 2 heterocycles. The molecule has 3 aromatic carbocycles. The number of carbonyl (C=O) groups excluding carboxylic acids is 1. The molecule has 6 nitrogen and oxygen atoms in total. The maximum atomic E-state index is 13.5. The van der Waals surface area contributed by atoms with E-state index in [4.69, 9.17) is 5.73 Å². The Bertz CT molecular complexity index is 1390. The third-order valence-corrected chi connectivity index (χ3v) is 7.62. The number of nitrogens with two attached hydrogens (primary N) is 1. The van der Waals surface area contributed by atoms with Gasteiger partial charge in [-0.1, -0.05) is 48.5 Å². The molecule has 0 radical (unpaired) electrons. The molecule has 0 unspecified atom stereocenters. The van der Waals surface area contributed by atoms with Crippen LogP contribution in [0.1, 0.15) is 16.8 Å². The fourth-order valence-corrected chi connectivity index (χ4v) is 5.60. The van der Waals surface area contributed by atoms with Gasteiger partial charge in [0.1, 0.15) is 0 Å². The van der Waals surface area contributed by atoms with Gasteiger partial charge in [-0.05, 0) is 42.3 Å². The summed E-state index contributed by atoms with van der Waals surface area (Å²) in [5, 5.41) is 0.861. The van der Waals surface area contributed by atoms with Crippen molar-refractivity contribution in [3.05, 3.63) is 90.6 Å². The first-order valence-corrected chi connectivity index (χ1v) is 11.9. The highest BCUT2D eigenvalue weighted by Gasteiger charge is 2.26. The van der Waals surface area contributed by atoms with Crippen molar-refractivity contribution in [2.75, 3.05) is 13.1 Å². The van der Waals surface area contributed by atoms with E-state index in [1.807, 2.05) is 48.5 Å². The van der Waals surface area contributed by atoms with Crippen LogP contribution in [0.15, 0.2) is 90.0 Å². The van der Waals surface area contributed by atoms with E-state index in [9.17, 15) is 13.2 Å². The Morgan fingerprint density at radius 2 is 1.59 bits per heavy atom. The molecular weight excluding hydrogens is 422 g/mol. The maximum Gasteiger partial charge on any atom is 0.268 e. The molecule has 2 N–H and O–H groups in total. The van der Waals surface area contributed by atoms with Crippen LogP contribution in [0.2, 0.25) is 0 Å². The van der Waals surface area contributed by atoms with Gasteiger partial charge in [-0.15, -0.1) is 0 Å². The van der Waals surface area contributed by atoms with Gasteiger partial charge < -0.3 is 10.6 Å². The third-order valence-electron chi connectivity index (χ3n) is 5.93. The van der Waals surface area contributed by atoms with E-state index in [0.29, 0.717) is 24.2 Å². The zero-order valence-electron chi connectivity index (χ0n) is 17.4. The highest BCUT2D eigenvalue weighted by Crippen LogP contribution is 2.33. The fraction of sp³-hybridized carbons (Fsp3) is 0.160. The van der Waals surface area contributed by atoms with Gasteiger partial charge in [0.2, 0.25) is 0 Å². The lowest BCUT2D eigenvalue weighted by Crippen LogP contribution is -2.31. The lowest BCUT2D eigenvalue weighted by Gasteiger charge is -2.16. The van der Waals surface area contributed by atoms with E-state index < -0.39 is 10.0 Å². The standard InChI is InChI=1S/C25H23N3O3S/c26-20-14-15-27(16-20)25(29)19-10-12-21(13-11-19)32(30,31)28-17-23(18-6-2-1-3-7-18)22-8-4-5-9-24(22)28/h1-13,17,20H,14-16,26H2/t20-/m1/s1. The Balaban J connectivity index is 1.53. The molecule has 1 fully saturated rings. The molecule has 1 atom stereocenters. The zero-order valence-corrected chi connectivity index (χ0v) is 18.2. The minimum absolute atomic E-state index is 0.000525. The van der Waals surface area contributed by atoms with Crippen molar-refractivity contribution < 1.29 is 13.2 Å². The number of fused-ring (bicyclic) bond motifs is 1. The zero-order chi connectivity index (χ0) is 22.3. The summed E-state index contributed by atoms with van der Waals surface area (Å²) in [6.07, 6.45) is 2.45. The van der Waals surface area contributed by atoms with Gasteiger partial charge in [-0.3, -0.25) is 4.79 Å². The van der Waals surface area contributed by atoms with Gasteiger partial charge >= 0.3 is 0 Å². The molecular formula is C25H23N3O3S. The fourth-order valence-electron chi connectivity index (χ4n) is 4.23. The van der Waals surface area contributed by atoms with Crippen LogP contribution in [0.25, 0.3) is 22.0 Å². The van der Waals surface area contributed by atoms with Crippen molar-refractivity contribution in [3.63, 3.8) is 0 Å². The Kier molecular flexibility index (Phi) is 5.07. The van der Waals surface area contributed by atoms with Crippen LogP contribution in [0.4, 0.5) is 0 Å². The molecule has 162 valence electrons. The second-order valence-corrected chi connectivity index (χ2v) is 9.87. The number of likely N-dealkylation sites (tertiary alicyclic amines) is 1.